The number of Topliss-reactive ketones (excluding diaryl/α,β-unsaturated/α-hetero) is 1. The molecular weight excluding hydrogens is 136 g/mol. The number of carbonyl (C=O) groups is 1. The molecule has 0 rings (SSSR count). The molecule has 0 aromatic carbocycles. The Morgan fingerprint density at radius 3 is 2.00 bits per heavy atom. The molecule has 0 amide bonds. The molecule has 1 heteroatoms. The van der Waals surface area contributed by atoms with Crippen LogP contribution in [0.15, 0.2) is 0 Å². The second kappa shape index (κ2) is 12.4. The van der Waals surface area contributed by atoms with E-state index in [4.69, 9.17) is 0 Å². The van der Waals surface area contributed by atoms with Crippen LogP contribution < -0.4 is 0 Å². The molecule has 0 radical (unpaired) electrons. The Morgan fingerprint density at radius 2 is 1.64 bits per heavy atom. The van der Waals surface area contributed by atoms with E-state index in [1.165, 1.54) is 19.3 Å². The average molecular weight is 160 g/mol. The molecule has 0 aromatic heterocycles. The van der Waals surface area contributed by atoms with Crippen molar-refractivity contribution >= 4 is 5.78 Å². The summed E-state index contributed by atoms with van der Waals surface area (Å²) in [6.45, 7) is 3.83. The summed E-state index contributed by atoms with van der Waals surface area (Å²) in [5, 5.41) is 0. The highest BCUT2D eigenvalue weighted by Crippen LogP contribution is 2.01. The Bertz CT molecular complexity index is 76.9. The molecule has 0 aliphatic heterocycles. The van der Waals surface area contributed by atoms with Gasteiger partial charge in [-0.15, -0.1) is 0 Å². The second-order valence-corrected chi connectivity index (χ2v) is 2.51. The summed E-state index contributed by atoms with van der Waals surface area (Å²) in [4.78, 5) is 10.4. The van der Waals surface area contributed by atoms with Gasteiger partial charge in [-0.1, -0.05) is 41.0 Å². The first-order valence-electron chi connectivity index (χ1n) is 3.76. The number of ketones is 1. The lowest BCUT2D eigenvalue weighted by molar-refractivity contribution is -0.117. The van der Waals surface area contributed by atoms with Gasteiger partial charge in [0.15, 0.2) is 0 Å². The quantitative estimate of drug-likeness (QED) is 0.559. The van der Waals surface area contributed by atoms with Crippen LogP contribution in [0.4, 0.5) is 0 Å². The predicted molar refractivity (Wildman–Crippen MR) is 52.9 cm³/mol. The minimum Gasteiger partial charge on any atom is -0.300 e. The van der Waals surface area contributed by atoms with Crippen LogP contribution in [0.1, 0.15) is 60.8 Å². The average Bonchev–Trinajstić information content (AvgIpc) is 1.80. The lowest BCUT2D eigenvalue weighted by Crippen LogP contribution is -1.88. The van der Waals surface area contributed by atoms with E-state index in [0.29, 0.717) is 5.78 Å². The highest BCUT2D eigenvalue weighted by atomic mass is 16.1. The fourth-order valence-corrected chi connectivity index (χ4v) is 0.801. The van der Waals surface area contributed by atoms with E-state index >= 15 is 0 Å². The molecule has 0 bridgehead atoms. The molecule has 0 saturated heterocycles. The molecule has 70 valence electrons. The van der Waals surface area contributed by atoms with Crippen molar-refractivity contribution in [1.29, 1.82) is 0 Å². The molecule has 0 unspecified atom stereocenters. The number of hydrogen-bond donors (Lipinski definition) is 0. The van der Waals surface area contributed by atoms with E-state index in [1.807, 2.05) is 0 Å². The van der Waals surface area contributed by atoms with Gasteiger partial charge in [0.1, 0.15) is 5.78 Å². The molecule has 0 atom stereocenters. The van der Waals surface area contributed by atoms with Gasteiger partial charge < -0.3 is 4.79 Å². The fourth-order valence-electron chi connectivity index (χ4n) is 0.801. The van der Waals surface area contributed by atoms with Crippen molar-refractivity contribution in [2.45, 2.75) is 60.8 Å². The number of rotatable bonds is 5. The van der Waals surface area contributed by atoms with Gasteiger partial charge in [0, 0.05) is 6.42 Å². The van der Waals surface area contributed by atoms with Crippen LogP contribution in [0, 0.1) is 0 Å². The van der Waals surface area contributed by atoms with Crippen molar-refractivity contribution in [1.82, 2.24) is 0 Å². The van der Waals surface area contributed by atoms with Crippen molar-refractivity contribution in [2.24, 2.45) is 0 Å². The molecule has 0 fully saturated rings. The maximum Gasteiger partial charge on any atom is 0.129 e. The van der Waals surface area contributed by atoms with E-state index in [0.717, 1.165) is 12.8 Å². The third-order valence-corrected chi connectivity index (χ3v) is 1.38. The van der Waals surface area contributed by atoms with Gasteiger partial charge in [-0.25, -0.2) is 0 Å². The standard InChI is InChI=1S/C8H16O.2CH4/c1-3-4-5-6-7-8(2)9;;/h3-7H2,1-2H3;2*1H4. The van der Waals surface area contributed by atoms with Crippen LogP contribution in [0.25, 0.3) is 0 Å². The SMILES string of the molecule is C.C.CCCCCCC(C)=O. The van der Waals surface area contributed by atoms with Gasteiger partial charge in [-0.3, -0.25) is 0 Å². The Morgan fingerprint density at radius 1 is 1.09 bits per heavy atom. The zero-order chi connectivity index (χ0) is 7.11. The van der Waals surface area contributed by atoms with Crippen molar-refractivity contribution in [2.75, 3.05) is 0 Å². The van der Waals surface area contributed by atoms with Gasteiger partial charge in [-0.2, -0.15) is 0 Å². The molecule has 0 aliphatic carbocycles. The molecule has 0 saturated carbocycles. The van der Waals surface area contributed by atoms with Crippen LogP contribution in [-0.4, -0.2) is 5.78 Å². The van der Waals surface area contributed by atoms with Crippen LogP contribution in [0.5, 0.6) is 0 Å². The zero-order valence-electron chi connectivity index (χ0n) is 6.44. The molecule has 11 heavy (non-hydrogen) atoms. The van der Waals surface area contributed by atoms with Gasteiger partial charge in [-0.05, 0) is 13.3 Å². The van der Waals surface area contributed by atoms with E-state index in [-0.39, 0.29) is 14.9 Å². The largest absolute Gasteiger partial charge is 0.300 e. The topological polar surface area (TPSA) is 17.1 Å². The number of carbonyl (C=O) groups excluding carboxylic acids is 1. The lowest BCUT2D eigenvalue weighted by atomic mass is 10.1. The Kier molecular flexibility index (Phi) is 19.1. The Hall–Kier alpha value is -0.330. The van der Waals surface area contributed by atoms with E-state index in [9.17, 15) is 4.79 Å². The van der Waals surface area contributed by atoms with Gasteiger partial charge in [0.25, 0.3) is 0 Å². The Labute approximate surface area is 72.2 Å². The van der Waals surface area contributed by atoms with Crippen molar-refractivity contribution in [3.63, 3.8) is 0 Å². The zero-order valence-corrected chi connectivity index (χ0v) is 6.44. The summed E-state index contributed by atoms with van der Waals surface area (Å²) in [5.41, 5.74) is 0. The second-order valence-electron chi connectivity index (χ2n) is 2.51. The predicted octanol–water partition coefficient (Wildman–Crippen LogP) is 3.82. The maximum absolute atomic E-state index is 10.4. The highest BCUT2D eigenvalue weighted by Gasteiger charge is 1.91. The minimum atomic E-state index is 0. The van der Waals surface area contributed by atoms with Crippen LogP contribution >= 0.6 is 0 Å². The Balaban J connectivity index is -0.000000320. The van der Waals surface area contributed by atoms with E-state index in [2.05, 4.69) is 6.92 Å². The first kappa shape index (κ1) is 17.0. The first-order chi connectivity index (χ1) is 4.27. The molecule has 0 heterocycles. The molecule has 1 nitrogen and oxygen atoms in total. The third kappa shape index (κ3) is 17.7. The summed E-state index contributed by atoms with van der Waals surface area (Å²) in [6, 6.07) is 0. The summed E-state index contributed by atoms with van der Waals surface area (Å²) in [7, 11) is 0. The van der Waals surface area contributed by atoms with Crippen LogP contribution in [0.3, 0.4) is 0 Å². The molecule has 0 aromatic rings. The summed E-state index contributed by atoms with van der Waals surface area (Å²) >= 11 is 0. The van der Waals surface area contributed by atoms with Gasteiger partial charge in [0.2, 0.25) is 0 Å². The van der Waals surface area contributed by atoms with Gasteiger partial charge in [0.05, 0.1) is 0 Å². The summed E-state index contributed by atoms with van der Waals surface area (Å²) < 4.78 is 0. The maximum atomic E-state index is 10.4. The number of hydrogen-bond acceptors (Lipinski definition) is 1. The van der Waals surface area contributed by atoms with Crippen LogP contribution in [-0.2, 0) is 4.79 Å². The van der Waals surface area contributed by atoms with E-state index < -0.39 is 0 Å². The van der Waals surface area contributed by atoms with Crippen molar-refractivity contribution in [3.05, 3.63) is 0 Å². The number of unbranched alkanes of at least 4 members (excludes halogenated alkanes) is 3. The van der Waals surface area contributed by atoms with Crippen molar-refractivity contribution < 1.29 is 4.79 Å². The third-order valence-electron chi connectivity index (χ3n) is 1.38. The smallest absolute Gasteiger partial charge is 0.129 e. The van der Waals surface area contributed by atoms with E-state index in [1.54, 1.807) is 6.92 Å². The summed E-state index contributed by atoms with van der Waals surface area (Å²) in [6.07, 6.45) is 5.60. The van der Waals surface area contributed by atoms with Crippen molar-refractivity contribution in [3.8, 4) is 0 Å². The molecule has 0 aliphatic rings. The summed E-state index contributed by atoms with van der Waals surface area (Å²) in [5.74, 6) is 0.325. The molecule has 0 spiro atoms. The van der Waals surface area contributed by atoms with Gasteiger partial charge >= 0.3 is 0 Å². The van der Waals surface area contributed by atoms with Crippen LogP contribution in [0.2, 0.25) is 0 Å². The molecular formula is C10H24O. The molecule has 0 N–H and O–H groups in total. The first-order valence-corrected chi connectivity index (χ1v) is 3.76. The monoisotopic (exact) mass is 160 g/mol. The highest BCUT2D eigenvalue weighted by molar-refractivity contribution is 5.75. The minimum absolute atomic E-state index is 0. The normalized spacial score (nSPS) is 7.82. The lowest BCUT2D eigenvalue weighted by Gasteiger charge is -1.93. The fraction of sp³-hybridized carbons (Fsp3) is 0.900.